The Bertz CT molecular complexity index is 2540. The highest BCUT2D eigenvalue weighted by Crippen LogP contribution is 2.48. The second-order valence-electron chi connectivity index (χ2n) is 14.8. The number of aliphatic hydroxyl groups excluding tert-OH is 1. The third-order valence-electron chi connectivity index (χ3n) is 10.9. The third kappa shape index (κ3) is 10.2. The zero-order valence-corrected chi connectivity index (χ0v) is 38.6. The Morgan fingerprint density at radius 3 is 1.62 bits per heavy atom. The first-order chi connectivity index (χ1) is 31.5. The first-order valence-corrected chi connectivity index (χ1v) is 23.1. The van der Waals surface area contributed by atoms with E-state index in [4.69, 9.17) is 25.3 Å². The fraction of sp³-hybridized carbons (Fsp3) is 0.381. The lowest BCUT2D eigenvalue weighted by molar-refractivity contribution is -0.0612. The lowest BCUT2D eigenvalue weighted by atomic mass is 9.95. The molecule has 4 aromatic heterocycles. The Morgan fingerprint density at radius 1 is 0.758 bits per heavy atom. The number of hydrogen-bond acceptors (Lipinski definition) is 12. The van der Waals surface area contributed by atoms with E-state index in [1.807, 2.05) is 51.2 Å². The van der Waals surface area contributed by atoms with Gasteiger partial charge in [0.05, 0.1) is 11.4 Å². The van der Waals surface area contributed by atoms with Crippen molar-refractivity contribution in [2.24, 2.45) is 16.1 Å². The number of hydrogen-bond donors (Lipinski definition) is 3. The molecule has 24 heteroatoms. The van der Waals surface area contributed by atoms with Gasteiger partial charge in [-0.05, 0) is 72.4 Å². The normalized spacial score (nSPS) is 25.2. The number of benzene rings is 2. The smallest absolute Gasteiger partial charge is 0.256 e. The summed E-state index contributed by atoms with van der Waals surface area (Å²) in [5.41, 5.74) is 17.3. The van der Waals surface area contributed by atoms with E-state index < -0.39 is 48.0 Å². The van der Waals surface area contributed by atoms with Gasteiger partial charge in [0.15, 0.2) is 29.3 Å². The van der Waals surface area contributed by atoms with Crippen LogP contribution in [0.5, 0.6) is 0 Å². The van der Waals surface area contributed by atoms with Gasteiger partial charge in [0.2, 0.25) is 0 Å². The molecule has 8 atom stereocenters. The number of aliphatic hydroxyl groups is 1. The van der Waals surface area contributed by atoms with E-state index in [0.717, 1.165) is 13.2 Å². The van der Waals surface area contributed by atoms with Crippen molar-refractivity contribution >= 4 is 79.7 Å². The van der Waals surface area contributed by atoms with Crippen LogP contribution < -0.4 is 10.6 Å². The number of carbonyl (C=O) groups is 2. The molecule has 0 aliphatic carbocycles. The number of ether oxygens (including phenoxy) is 3. The molecule has 0 saturated carbocycles. The van der Waals surface area contributed by atoms with Crippen LogP contribution >= 0.6 is 45.2 Å². The summed E-state index contributed by atoms with van der Waals surface area (Å²) in [5, 5.41) is 31.4. The summed E-state index contributed by atoms with van der Waals surface area (Å²) in [6.45, 7) is 3.66. The molecule has 66 heavy (non-hydrogen) atoms. The van der Waals surface area contributed by atoms with Crippen molar-refractivity contribution in [2.45, 2.75) is 69.3 Å². The van der Waals surface area contributed by atoms with E-state index in [9.17, 15) is 19.1 Å². The van der Waals surface area contributed by atoms with Gasteiger partial charge < -0.3 is 30.0 Å². The molecule has 0 unspecified atom stereocenters. The highest BCUT2D eigenvalue weighted by molar-refractivity contribution is 14.1. The van der Waals surface area contributed by atoms with Crippen LogP contribution in [0.15, 0.2) is 108 Å². The number of azide groups is 2. The van der Waals surface area contributed by atoms with Crippen LogP contribution in [0.1, 0.15) is 71.5 Å². The lowest BCUT2D eigenvalue weighted by Crippen LogP contribution is -2.41. The number of carbonyl (C=O) groups excluding carboxylic acids is 2. The van der Waals surface area contributed by atoms with Gasteiger partial charge in [-0.3, -0.25) is 9.59 Å². The molecule has 3 fully saturated rings. The molecule has 2 aromatic carbocycles. The van der Waals surface area contributed by atoms with Crippen LogP contribution in [0.2, 0.25) is 0 Å². The van der Waals surface area contributed by atoms with E-state index in [0.29, 0.717) is 38.1 Å². The van der Waals surface area contributed by atoms with Gasteiger partial charge in [-0.15, -0.1) is 0 Å². The van der Waals surface area contributed by atoms with Crippen LogP contribution in [0.4, 0.5) is 20.4 Å². The van der Waals surface area contributed by atoms with Gasteiger partial charge in [0.25, 0.3) is 11.8 Å². The van der Waals surface area contributed by atoms with Gasteiger partial charge >= 0.3 is 0 Å². The summed E-state index contributed by atoms with van der Waals surface area (Å²) in [7, 11) is 0. The maximum Gasteiger partial charge on any atom is 0.256 e. The molecule has 0 radical (unpaired) electrons. The van der Waals surface area contributed by atoms with Crippen LogP contribution in [0, 0.1) is 5.92 Å². The van der Waals surface area contributed by atoms with Crippen LogP contribution in [-0.2, 0) is 14.2 Å². The zero-order valence-electron chi connectivity index (χ0n) is 34.3. The second-order valence-corrected chi connectivity index (χ2v) is 16.3. The average Bonchev–Trinajstić information content (AvgIpc) is 4.20. The van der Waals surface area contributed by atoms with E-state index >= 15 is 4.39 Å². The minimum Gasteiger partial charge on any atom is -0.387 e. The number of rotatable bonds is 10. The number of nitrogens with zero attached hydrogens (tertiary/aromatic N) is 12. The Kier molecular flexibility index (Phi) is 16.8. The zero-order chi connectivity index (χ0) is 46.1. The summed E-state index contributed by atoms with van der Waals surface area (Å²) in [6, 6.07) is 23.9. The van der Waals surface area contributed by atoms with Gasteiger partial charge in [0, 0.05) is 48.9 Å². The van der Waals surface area contributed by atoms with E-state index in [1.54, 1.807) is 85.8 Å². The predicted molar refractivity (Wildman–Crippen MR) is 256 cm³/mol. The monoisotopic (exact) mass is 1130 g/mol. The number of fused-ring (bicyclic) bond motifs is 2. The van der Waals surface area contributed by atoms with Crippen molar-refractivity contribution in [3.8, 4) is 0 Å². The Morgan fingerprint density at radius 2 is 1.20 bits per heavy atom. The van der Waals surface area contributed by atoms with E-state index in [2.05, 4.69) is 50.9 Å². The average molecular weight is 1130 g/mol. The molecule has 3 aliphatic rings. The third-order valence-corrected chi connectivity index (χ3v) is 13.1. The molecule has 9 rings (SSSR count). The van der Waals surface area contributed by atoms with Crippen molar-refractivity contribution in [3.63, 3.8) is 0 Å². The number of halogens is 4. The fourth-order valence-corrected chi connectivity index (χ4v) is 9.18. The first-order valence-electron chi connectivity index (χ1n) is 20.0. The molecule has 7 heterocycles. The van der Waals surface area contributed by atoms with Gasteiger partial charge in [-0.2, -0.15) is 10.2 Å². The Hall–Kier alpha value is -5.60. The standard InChI is InChI=1S/C19H17FIN7O2.C18H15FIN7O3.C4H8O.CH4/c1-11-15(20)16(30-19(11,9-21)26-27-22)13-7-8-14-17(23-10-24-28(13)14)25-18(29)12-5-3-2-4-6-12;19-13-14(30-18(8-20,15(13)28)25-26-21)11-6-7-12-16(22-9-23-27(11)12)24-17(29)10-4-2-1-3-5-10;1-2-4-5-3-1;/h2-8,10-11,15-16H,9H2,1H3,(H,23,24,25,29);1-7,9,13-15,28H,8H2,(H,22,23,24,29);1-4H2;1H4/t11-,15+,16-,19+;13-,14-,15-,18+;;/m00../s1. The van der Waals surface area contributed by atoms with Crippen molar-refractivity contribution in [1.29, 1.82) is 0 Å². The summed E-state index contributed by atoms with van der Waals surface area (Å²) >= 11 is 3.89. The first kappa shape index (κ1) is 49.8. The summed E-state index contributed by atoms with van der Waals surface area (Å²) in [4.78, 5) is 38.8. The summed E-state index contributed by atoms with van der Waals surface area (Å²) in [5.74, 6) is -0.793. The highest BCUT2D eigenvalue weighted by atomic mass is 127. The number of nitrogens with one attached hydrogen (secondary N) is 2. The Balaban J connectivity index is 0.000000194. The molecular formula is C42H44F2I2N14O6. The highest BCUT2D eigenvalue weighted by Gasteiger charge is 2.56. The summed E-state index contributed by atoms with van der Waals surface area (Å²) < 4.78 is 49.9. The SMILES string of the molecule is C.C1CCOC1.C[C@H]1[C@@H](F)[C@H](c2ccc3c(NC(=O)c4ccccc4)ncnn23)O[C@@]1(CI)N=[N+]=[N-].[N-]=[N+]=N[C@]1(CI)O[C@@H](c2ccc3c(NC(=O)c4ccccc4)ncnn23)[C@H](F)[C@@H]1O. The molecular weight excluding hydrogens is 1090 g/mol. The van der Waals surface area contributed by atoms with Crippen LogP contribution in [-0.4, -0.2) is 98.1 Å². The quantitative estimate of drug-likeness (QED) is 0.0385. The maximum absolute atomic E-state index is 15.2. The molecule has 6 aromatic rings. The molecule has 3 aliphatic heterocycles. The Labute approximate surface area is 403 Å². The molecule has 3 N–H and O–H groups in total. The van der Waals surface area contributed by atoms with Gasteiger partial charge in [-0.25, -0.2) is 27.8 Å². The van der Waals surface area contributed by atoms with Crippen LogP contribution in [0.3, 0.4) is 0 Å². The van der Waals surface area contributed by atoms with Crippen molar-refractivity contribution in [3.05, 3.63) is 141 Å². The predicted octanol–water partition coefficient (Wildman–Crippen LogP) is 9.10. The number of anilines is 2. The van der Waals surface area contributed by atoms with Gasteiger partial charge in [-0.1, -0.05) is 106 Å². The number of amides is 2. The molecule has 3 saturated heterocycles. The van der Waals surface area contributed by atoms with Crippen LogP contribution in [0.25, 0.3) is 31.9 Å². The summed E-state index contributed by atoms with van der Waals surface area (Å²) in [6.07, 6.45) is -2.04. The molecule has 2 amide bonds. The second kappa shape index (κ2) is 22.3. The molecule has 346 valence electrons. The maximum atomic E-state index is 15.2. The van der Waals surface area contributed by atoms with Crippen molar-refractivity contribution in [1.82, 2.24) is 29.2 Å². The topological polar surface area (TPSA) is 264 Å². The molecule has 0 bridgehead atoms. The lowest BCUT2D eigenvalue weighted by Gasteiger charge is -2.24. The minimum absolute atomic E-state index is 0. The van der Waals surface area contributed by atoms with E-state index in [-0.39, 0.29) is 35.2 Å². The van der Waals surface area contributed by atoms with Crippen molar-refractivity contribution < 1.29 is 37.7 Å². The minimum atomic E-state index is -1.85. The van der Waals surface area contributed by atoms with E-state index in [1.165, 1.54) is 34.5 Å². The fourth-order valence-electron chi connectivity index (χ4n) is 7.37. The number of alkyl halides is 4. The molecule has 20 nitrogen and oxygen atoms in total. The van der Waals surface area contributed by atoms with Crippen molar-refractivity contribution in [2.75, 3.05) is 32.7 Å². The van der Waals surface area contributed by atoms with Gasteiger partial charge in [0.1, 0.15) is 48.2 Å². The number of aromatic nitrogens is 6. The molecule has 0 spiro atoms. The largest absolute Gasteiger partial charge is 0.387 e.